The van der Waals surface area contributed by atoms with Crippen molar-refractivity contribution in [2.75, 3.05) is 0 Å². The van der Waals surface area contributed by atoms with E-state index >= 15 is 0 Å². The molecule has 0 bridgehead atoms. The average molecular weight is 407 g/mol. The fourth-order valence-corrected chi connectivity index (χ4v) is 2.40. The van der Waals surface area contributed by atoms with Crippen molar-refractivity contribution in [2.24, 2.45) is 0 Å². The first-order valence-corrected chi connectivity index (χ1v) is 7.84. The average Bonchev–Trinajstić information content (AvgIpc) is 2.46. The summed E-state index contributed by atoms with van der Waals surface area (Å²) in [5.74, 6) is 0.0624. The molecule has 0 N–H and O–H groups in total. The van der Waals surface area contributed by atoms with Crippen LogP contribution in [0.1, 0.15) is 59.6 Å². The van der Waals surface area contributed by atoms with Crippen LogP contribution in [0, 0.1) is 20.8 Å². The zero-order valence-corrected chi connectivity index (χ0v) is 19.1. The maximum absolute atomic E-state index is 12.4. The normalized spacial score (nSPS) is 13.0. The van der Waals surface area contributed by atoms with E-state index in [0.717, 1.165) is 5.56 Å². The molecule has 0 aliphatic carbocycles. The minimum absolute atomic E-state index is 0. The number of Topliss-reactive ketones (excluding diaryl/α,β-unsaturated/α-hetero) is 1. The van der Waals surface area contributed by atoms with E-state index in [-0.39, 0.29) is 51.5 Å². The Kier molecular flexibility index (Phi) is 11.8. The van der Waals surface area contributed by atoms with Gasteiger partial charge in [0.25, 0.3) is 0 Å². The van der Waals surface area contributed by atoms with Crippen molar-refractivity contribution in [1.29, 1.82) is 0 Å². The van der Waals surface area contributed by atoms with Crippen molar-refractivity contribution < 1.29 is 42.3 Å². The minimum Gasteiger partial charge on any atom is -0.358 e. The molecule has 1 unspecified atom stereocenters. The van der Waals surface area contributed by atoms with Crippen LogP contribution >= 0.6 is 0 Å². The van der Waals surface area contributed by atoms with E-state index in [1.807, 2.05) is 63.1 Å². The van der Waals surface area contributed by atoms with Gasteiger partial charge in [-0.25, -0.2) is 5.06 Å². The standard InChI is InChI=1S/C19H29NO2.CH3.Y/c1-8-16(21)17(15-13-11-10-12-14-15)22-20(18(3,4)5)19(6,7)9-2;;/h9-14,17H,3,8H2,1-2,4-7H3;1H3;/q-2;-1;+3. The Balaban J connectivity index is 0. The molecule has 1 atom stereocenters. The first kappa shape index (κ1) is 26.1. The molecule has 1 rings (SSSR count). The minimum atomic E-state index is -0.605. The zero-order valence-electron chi connectivity index (χ0n) is 16.3. The van der Waals surface area contributed by atoms with E-state index in [4.69, 9.17) is 4.84 Å². The third-order valence-corrected chi connectivity index (χ3v) is 3.73. The summed E-state index contributed by atoms with van der Waals surface area (Å²) < 4.78 is 0. The van der Waals surface area contributed by atoms with Crippen LogP contribution in [0.25, 0.3) is 0 Å². The maximum atomic E-state index is 12.4. The molecule has 0 fully saturated rings. The first-order chi connectivity index (χ1) is 10.1. The molecule has 0 aromatic heterocycles. The number of hydroxylamine groups is 2. The largest absolute Gasteiger partial charge is 3.00 e. The molecule has 1 aromatic rings. The molecule has 0 amide bonds. The Bertz CT molecular complexity index is 480. The SMILES string of the molecule is [CH2-]C(C)(C)N(OC(C(=O)CC)c1ccccc1)C(C)(C)[CH-]C.[CH3-].[Y+3]. The monoisotopic (exact) mass is 407 g/mol. The van der Waals surface area contributed by atoms with Crippen molar-refractivity contribution in [3.8, 4) is 0 Å². The summed E-state index contributed by atoms with van der Waals surface area (Å²) in [5, 5.41) is 1.82. The number of benzene rings is 1. The molecule has 0 aliphatic heterocycles. The van der Waals surface area contributed by atoms with Gasteiger partial charge in [0.05, 0.1) is 0 Å². The van der Waals surface area contributed by atoms with Gasteiger partial charge in [0.15, 0.2) is 11.9 Å². The fourth-order valence-electron chi connectivity index (χ4n) is 2.40. The van der Waals surface area contributed by atoms with E-state index in [0.29, 0.717) is 6.42 Å². The number of carbonyl (C=O) groups excluding carboxylic acids is 1. The molecule has 24 heavy (non-hydrogen) atoms. The summed E-state index contributed by atoms with van der Waals surface area (Å²) in [7, 11) is 0. The topological polar surface area (TPSA) is 29.5 Å². The summed E-state index contributed by atoms with van der Waals surface area (Å²) in [5.41, 5.74) is 0.0547. The summed E-state index contributed by atoms with van der Waals surface area (Å²) in [6.45, 7) is 16.1. The van der Waals surface area contributed by atoms with Gasteiger partial charge in [0.1, 0.15) is 0 Å². The van der Waals surface area contributed by atoms with E-state index in [2.05, 4.69) is 27.2 Å². The quantitative estimate of drug-likeness (QED) is 0.449. The van der Waals surface area contributed by atoms with E-state index in [1.165, 1.54) is 0 Å². The molecule has 132 valence electrons. The molecule has 0 heterocycles. The molecule has 4 heteroatoms. The van der Waals surface area contributed by atoms with Crippen LogP contribution in [-0.4, -0.2) is 21.9 Å². The summed E-state index contributed by atoms with van der Waals surface area (Å²) >= 11 is 0. The fraction of sp³-hybridized carbons (Fsp3) is 0.500. The molecule has 1 aromatic carbocycles. The van der Waals surface area contributed by atoms with Gasteiger partial charge < -0.3 is 20.8 Å². The van der Waals surface area contributed by atoms with Crippen LogP contribution in [0.2, 0.25) is 0 Å². The Hall–Kier alpha value is -0.0861. The summed E-state index contributed by atoms with van der Waals surface area (Å²) in [4.78, 5) is 18.6. The van der Waals surface area contributed by atoms with Crippen molar-refractivity contribution >= 4 is 5.78 Å². The summed E-state index contributed by atoms with van der Waals surface area (Å²) in [6.07, 6.45) is 1.88. The summed E-state index contributed by atoms with van der Waals surface area (Å²) in [6, 6.07) is 9.63. The predicted molar refractivity (Wildman–Crippen MR) is 97.3 cm³/mol. The van der Waals surface area contributed by atoms with Gasteiger partial charge in [-0.1, -0.05) is 76.0 Å². The third-order valence-electron chi connectivity index (χ3n) is 3.73. The molecule has 0 aliphatic rings. The molecule has 0 radical (unpaired) electrons. The van der Waals surface area contributed by atoms with Crippen molar-refractivity contribution in [2.45, 2.75) is 65.1 Å². The molecular weight excluding hydrogens is 375 g/mol. The van der Waals surface area contributed by atoms with E-state index < -0.39 is 11.6 Å². The second kappa shape index (κ2) is 10.8. The van der Waals surface area contributed by atoms with Gasteiger partial charge in [-0.3, -0.25) is 9.63 Å². The Morgan fingerprint density at radius 2 is 1.75 bits per heavy atom. The molecule has 0 saturated heterocycles. The number of ketones is 1. The second-order valence-corrected chi connectivity index (χ2v) is 6.77. The van der Waals surface area contributed by atoms with Crippen molar-refractivity contribution in [3.63, 3.8) is 0 Å². The van der Waals surface area contributed by atoms with Gasteiger partial charge in [0, 0.05) is 6.42 Å². The van der Waals surface area contributed by atoms with E-state index in [1.54, 1.807) is 0 Å². The molecule has 0 saturated carbocycles. The third kappa shape index (κ3) is 7.03. The van der Waals surface area contributed by atoms with Crippen LogP contribution in [0.15, 0.2) is 30.3 Å². The Labute approximate surface area is 174 Å². The van der Waals surface area contributed by atoms with Crippen LogP contribution < -0.4 is 0 Å². The number of carbonyl (C=O) groups is 1. The number of nitrogens with zero attached hydrogens (tertiary/aromatic N) is 1. The Morgan fingerprint density at radius 1 is 1.25 bits per heavy atom. The number of hydrogen-bond donors (Lipinski definition) is 0. The van der Waals surface area contributed by atoms with Crippen LogP contribution in [0.5, 0.6) is 0 Å². The van der Waals surface area contributed by atoms with Crippen LogP contribution in [-0.2, 0) is 42.3 Å². The Morgan fingerprint density at radius 3 is 2.12 bits per heavy atom. The maximum Gasteiger partial charge on any atom is 3.00 e. The molecule has 0 spiro atoms. The van der Waals surface area contributed by atoms with Gasteiger partial charge >= 0.3 is 32.7 Å². The van der Waals surface area contributed by atoms with Crippen molar-refractivity contribution in [3.05, 3.63) is 56.7 Å². The van der Waals surface area contributed by atoms with Crippen LogP contribution in [0.4, 0.5) is 0 Å². The van der Waals surface area contributed by atoms with Crippen molar-refractivity contribution in [1.82, 2.24) is 5.06 Å². The smallest absolute Gasteiger partial charge is 0.358 e. The van der Waals surface area contributed by atoms with Gasteiger partial charge in [-0.2, -0.15) is 6.92 Å². The predicted octanol–water partition coefficient (Wildman–Crippen LogP) is 5.00. The first-order valence-electron chi connectivity index (χ1n) is 7.84. The molecular formula is C20H32NO2Y. The number of rotatable bonds is 8. The molecule has 3 nitrogen and oxygen atoms in total. The van der Waals surface area contributed by atoms with Gasteiger partial charge in [-0.05, 0) is 5.56 Å². The van der Waals surface area contributed by atoms with Gasteiger partial charge in [0.2, 0.25) is 0 Å². The second-order valence-electron chi connectivity index (χ2n) is 6.77. The zero-order chi connectivity index (χ0) is 17.0. The van der Waals surface area contributed by atoms with E-state index in [9.17, 15) is 4.79 Å². The van der Waals surface area contributed by atoms with Gasteiger partial charge in [-0.15, -0.1) is 0 Å². The van der Waals surface area contributed by atoms with Crippen LogP contribution in [0.3, 0.4) is 0 Å². The number of hydrogen-bond acceptors (Lipinski definition) is 3.